The van der Waals surface area contributed by atoms with E-state index in [2.05, 4.69) is 10.6 Å². The van der Waals surface area contributed by atoms with Crippen LogP contribution in [0.3, 0.4) is 0 Å². The van der Waals surface area contributed by atoms with Gasteiger partial charge in [-0.05, 0) is 24.3 Å². The Bertz CT molecular complexity index is 725. The van der Waals surface area contributed by atoms with Crippen LogP contribution >= 0.6 is 0 Å². The Hall–Kier alpha value is -3.42. The summed E-state index contributed by atoms with van der Waals surface area (Å²) in [6, 6.07) is 9.04. The van der Waals surface area contributed by atoms with E-state index in [1.807, 2.05) is 0 Å². The summed E-state index contributed by atoms with van der Waals surface area (Å²) >= 11 is 0. The zero-order valence-corrected chi connectivity index (χ0v) is 13.7. The molecule has 0 aliphatic carbocycles. The lowest BCUT2D eigenvalue weighted by Crippen LogP contribution is -2.08. The first-order valence-corrected chi connectivity index (χ1v) is 7.32. The molecule has 0 spiro atoms. The summed E-state index contributed by atoms with van der Waals surface area (Å²) in [6.07, 6.45) is 0. The number of carboxylic acids is 2. The number of hydrogen-bond acceptors (Lipinski definition) is 6. The van der Waals surface area contributed by atoms with E-state index in [1.54, 1.807) is 26.2 Å². The number of benzene rings is 2. The highest BCUT2D eigenvalue weighted by atomic mass is 16.7. The molecule has 0 saturated heterocycles. The molecule has 25 heavy (non-hydrogen) atoms. The van der Waals surface area contributed by atoms with Crippen LogP contribution in [0.15, 0.2) is 36.4 Å². The highest BCUT2D eigenvalue weighted by Crippen LogP contribution is 2.24. The van der Waals surface area contributed by atoms with E-state index in [4.69, 9.17) is 19.7 Å². The Morgan fingerprint density at radius 3 is 1.56 bits per heavy atom. The summed E-state index contributed by atoms with van der Waals surface area (Å²) in [7, 11) is 3.23. The number of carbonyl (C=O) groups is 2. The molecule has 2 aromatic rings. The predicted molar refractivity (Wildman–Crippen MR) is 92.0 cm³/mol. The number of nitrogens with one attached hydrogen (secondary N) is 2. The van der Waals surface area contributed by atoms with Crippen LogP contribution < -0.4 is 20.1 Å². The normalized spacial score (nSPS) is 10.0. The monoisotopic (exact) mass is 346 g/mol. The third-order valence-electron chi connectivity index (χ3n) is 3.43. The summed E-state index contributed by atoms with van der Waals surface area (Å²) in [5.74, 6) is -1.20. The number of rotatable bonds is 8. The zero-order chi connectivity index (χ0) is 18.4. The fourth-order valence-corrected chi connectivity index (χ4v) is 2.18. The molecule has 0 fully saturated rings. The third kappa shape index (κ3) is 4.31. The second-order valence-corrected chi connectivity index (χ2v) is 4.93. The number of anilines is 2. The SMILES string of the molecule is CNc1cc(OCOc2ccc(C(=O)O)c(NC)c2)ccc1C(=O)O. The molecular weight excluding hydrogens is 328 g/mol. The molecule has 0 aromatic heterocycles. The minimum Gasteiger partial charge on any atom is -0.478 e. The molecule has 0 unspecified atom stereocenters. The second-order valence-electron chi connectivity index (χ2n) is 4.93. The van der Waals surface area contributed by atoms with Crippen LogP contribution in [0.4, 0.5) is 11.4 Å². The van der Waals surface area contributed by atoms with Crippen LogP contribution in [-0.4, -0.2) is 43.0 Å². The van der Waals surface area contributed by atoms with Crippen molar-refractivity contribution in [3.63, 3.8) is 0 Å². The van der Waals surface area contributed by atoms with Crippen LogP contribution in [0.5, 0.6) is 11.5 Å². The molecule has 2 rings (SSSR count). The first-order valence-electron chi connectivity index (χ1n) is 7.32. The van der Waals surface area contributed by atoms with Gasteiger partial charge in [-0.3, -0.25) is 0 Å². The summed E-state index contributed by atoms with van der Waals surface area (Å²) in [6.45, 7) is -0.120. The molecule has 0 heterocycles. The molecule has 132 valence electrons. The van der Waals surface area contributed by atoms with Gasteiger partial charge in [0.1, 0.15) is 11.5 Å². The molecule has 0 radical (unpaired) electrons. The van der Waals surface area contributed by atoms with Crippen molar-refractivity contribution in [3.05, 3.63) is 47.5 Å². The first kappa shape index (κ1) is 17.9. The van der Waals surface area contributed by atoms with Gasteiger partial charge < -0.3 is 30.3 Å². The smallest absolute Gasteiger partial charge is 0.337 e. The highest BCUT2D eigenvalue weighted by Gasteiger charge is 2.11. The average molecular weight is 346 g/mol. The molecule has 0 amide bonds. The fraction of sp³-hybridized carbons (Fsp3) is 0.176. The zero-order valence-electron chi connectivity index (χ0n) is 13.7. The van der Waals surface area contributed by atoms with Crippen molar-refractivity contribution in [3.8, 4) is 11.5 Å². The summed E-state index contributed by atoms with van der Waals surface area (Å²) in [4.78, 5) is 22.1. The van der Waals surface area contributed by atoms with Gasteiger partial charge in [0.05, 0.1) is 22.5 Å². The predicted octanol–water partition coefficient (Wildman–Crippen LogP) is 2.58. The van der Waals surface area contributed by atoms with Crippen molar-refractivity contribution < 1.29 is 29.3 Å². The fourth-order valence-electron chi connectivity index (χ4n) is 2.18. The van der Waals surface area contributed by atoms with Crippen molar-refractivity contribution >= 4 is 23.3 Å². The Balaban J connectivity index is 2.03. The number of aromatic carboxylic acids is 2. The lowest BCUT2D eigenvalue weighted by atomic mass is 10.1. The maximum atomic E-state index is 11.1. The van der Waals surface area contributed by atoms with Crippen LogP contribution in [0.25, 0.3) is 0 Å². The largest absolute Gasteiger partial charge is 0.478 e. The molecule has 8 nitrogen and oxygen atoms in total. The number of ether oxygens (including phenoxy) is 2. The van der Waals surface area contributed by atoms with Crippen LogP contribution in [0.1, 0.15) is 20.7 Å². The molecule has 0 atom stereocenters. The average Bonchev–Trinajstić information content (AvgIpc) is 2.60. The van der Waals surface area contributed by atoms with E-state index in [1.165, 1.54) is 24.3 Å². The molecule has 0 aliphatic heterocycles. The van der Waals surface area contributed by atoms with Crippen molar-refractivity contribution in [2.45, 2.75) is 0 Å². The van der Waals surface area contributed by atoms with Gasteiger partial charge in [-0.25, -0.2) is 9.59 Å². The van der Waals surface area contributed by atoms with E-state index in [9.17, 15) is 9.59 Å². The molecule has 4 N–H and O–H groups in total. The lowest BCUT2D eigenvalue weighted by Gasteiger charge is -2.12. The van der Waals surface area contributed by atoms with Crippen LogP contribution in [0.2, 0.25) is 0 Å². The minimum atomic E-state index is -1.04. The van der Waals surface area contributed by atoms with Crippen molar-refractivity contribution in [2.75, 3.05) is 31.5 Å². The van der Waals surface area contributed by atoms with Gasteiger partial charge in [-0.1, -0.05) is 0 Å². The topological polar surface area (TPSA) is 117 Å². The Morgan fingerprint density at radius 2 is 1.24 bits per heavy atom. The van der Waals surface area contributed by atoms with Crippen molar-refractivity contribution in [2.24, 2.45) is 0 Å². The summed E-state index contributed by atoms with van der Waals surface area (Å²) < 4.78 is 10.9. The van der Waals surface area contributed by atoms with E-state index >= 15 is 0 Å². The quantitative estimate of drug-likeness (QED) is 0.539. The van der Waals surface area contributed by atoms with Crippen LogP contribution in [0, 0.1) is 0 Å². The maximum absolute atomic E-state index is 11.1. The highest BCUT2D eigenvalue weighted by molar-refractivity contribution is 5.95. The molecule has 0 aliphatic rings. The number of carboxylic acid groups (broad SMARTS) is 2. The molecule has 2 aromatic carbocycles. The van der Waals surface area contributed by atoms with Gasteiger partial charge >= 0.3 is 11.9 Å². The lowest BCUT2D eigenvalue weighted by molar-refractivity contribution is 0.0687. The Kier molecular flexibility index (Phi) is 5.67. The van der Waals surface area contributed by atoms with E-state index in [0.29, 0.717) is 22.9 Å². The molecular formula is C17H18N2O6. The molecule has 8 heteroatoms. The Labute approximate surface area is 144 Å². The second kappa shape index (κ2) is 7.91. The number of hydrogen-bond donors (Lipinski definition) is 4. The Morgan fingerprint density at radius 1 is 0.840 bits per heavy atom. The third-order valence-corrected chi connectivity index (χ3v) is 3.43. The van der Waals surface area contributed by atoms with Crippen molar-refractivity contribution in [1.82, 2.24) is 0 Å². The van der Waals surface area contributed by atoms with Crippen molar-refractivity contribution in [1.29, 1.82) is 0 Å². The van der Waals surface area contributed by atoms with Gasteiger partial charge in [0.2, 0.25) is 6.79 Å². The summed E-state index contributed by atoms with van der Waals surface area (Å²) in [5, 5.41) is 23.7. The van der Waals surface area contributed by atoms with Crippen LogP contribution in [-0.2, 0) is 0 Å². The summed E-state index contributed by atoms with van der Waals surface area (Å²) in [5.41, 5.74) is 1.12. The van der Waals surface area contributed by atoms with Gasteiger partial charge in [0, 0.05) is 26.2 Å². The first-order chi connectivity index (χ1) is 12.0. The van der Waals surface area contributed by atoms with E-state index in [-0.39, 0.29) is 17.9 Å². The maximum Gasteiger partial charge on any atom is 0.337 e. The minimum absolute atomic E-state index is 0.120. The van der Waals surface area contributed by atoms with Gasteiger partial charge in [0.15, 0.2) is 0 Å². The van der Waals surface area contributed by atoms with Gasteiger partial charge in [-0.15, -0.1) is 0 Å². The van der Waals surface area contributed by atoms with Gasteiger partial charge in [-0.2, -0.15) is 0 Å². The molecule has 0 bridgehead atoms. The van der Waals surface area contributed by atoms with E-state index in [0.717, 1.165) is 0 Å². The van der Waals surface area contributed by atoms with Gasteiger partial charge in [0.25, 0.3) is 0 Å². The molecule has 0 saturated carbocycles. The standard InChI is InChI=1S/C17H18N2O6/c1-18-14-7-10(3-5-12(14)16(20)21)24-9-25-11-4-6-13(17(22)23)15(8-11)19-2/h3-8,18-19H,9H2,1-2H3,(H,20,21)(H,22,23). The van der Waals surface area contributed by atoms with E-state index < -0.39 is 11.9 Å².